The van der Waals surface area contributed by atoms with E-state index in [9.17, 15) is 18.8 Å². The Balaban J connectivity index is 1.24. The zero-order valence-corrected chi connectivity index (χ0v) is 21.2. The van der Waals surface area contributed by atoms with Crippen molar-refractivity contribution in [2.45, 2.75) is 44.9 Å². The number of fused-ring (bicyclic) bond motifs is 1. The van der Waals surface area contributed by atoms with Gasteiger partial charge >= 0.3 is 5.69 Å². The molecule has 1 aliphatic rings. The van der Waals surface area contributed by atoms with E-state index < -0.39 is 11.2 Å². The number of carbonyl (C=O) groups excluding carboxylic acids is 1. The summed E-state index contributed by atoms with van der Waals surface area (Å²) in [5.74, 6) is -0.528. The second-order valence-electron chi connectivity index (χ2n) is 9.82. The molecule has 0 bridgehead atoms. The number of piperidine rings is 1. The van der Waals surface area contributed by atoms with Gasteiger partial charge in [-0.2, -0.15) is 0 Å². The highest BCUT2D eigenvalue weighted by atomic mass is 19.1. The summed E-state index contributed by atoms with van der Waals surface area (Å²) in [6.45, 7) is 2.88. The van der Waals surface area contributed by atoms with Crippen molar-refractivity contribution in [3.63, 3.8) is 0 Å². The molecule has 1 aromatic heterocycles. The third-order valence-corrected chi connectivity index (χ3v) is 7.15. The fraction of sp³-hybridized carbons (Fsp3) is 0.300. The van der Waals surface area contributed by atoms with E-state index in [2.05, 4.69) is 22.3 Å². The number of nitrogens with one attached hydrogen (secondary N) is 1. The number of carbonyl (C=O) groups is 1. The van der Waals surface area contributed by atoms with Gasteiger partial charge < -0.3 is 5.32 Å². The third-order valence-electron chi connectivity index (χ3n) is 7.15. The number of amides is 1. The molecule has 0 aliphatic carbocycles. The highest BCUT2D eigenvalue weighted by Crippen LogP contribution is 2.14. The first kappa shape index (κ1) is 25.6. The van der Waals surface area contributed by atoms with Crippen molar-refractivity contribution in [3.8, 4) is 0 Å². The van der Waals surface area contributed by atoms with Gasteiger partial charge in [-0.1, -0.05) is 54.6 Å². The van der Waals surface area contributed by atoms with Crippen LogP contribution in [0.5, 0.6) is 0 Å². The average molecular weight is 515 g/mol. The van der Waals surface area contributed by atoms with Gasteiger partial charge in [-0.05, 0) is 48.2 Å². The number of halogens is 1. The van der Waals surface area contributed by atoms with Crippen LogP contribution in [0.25, 0.3) is 10.9 Å². The van der Waals surface area contributed by atoms with E-state index in [0.29, 0.717) is 10.9 Å². The van der Waals surface area contributed by atoms with Gasteiger partial charge in [0.1, 0.15) is 5.82 Å². The molecule has 1 N–H and O–H groups in total. The summed E-state index contributed by atoms with van der Waals surface area (Å²) < 4.78 is 16.0. The standard InChI is InChI=1S/C30H31FN4O3/c31-24-12-10-23(11-13-24)21-35-27-9-5-4-8-26(27)29(37)34(30(35)38)19-16-28(36)32-25-14-17-33(18-15-25)20-22-6-2-1-3-7-22/h1-13,25H,14-21H2,(H,32,36). The molecular formula is C30H31FN4O3. The van der Waals surface area contributed by atoms with Crippen molar-refractivity contribution in [1.82, 2.24) is 19.4 Å². The summed E-state index contributed by atoms with van der Waals surface area (Å²) in [5, 5.41) is 3.49. The summed E-state index contributed by atoms with van der Waals surface area (Å²) in [5.41, 5.74) is 1.62. The Morgan fingerprint density at radius 1 is 0.816 bits per heavy atom. The molecule has 0 radical (unpaired) electrons. The number of hydrogen-bond acceptors (Lipinski definition) is 4. The van der Waals surface area contributed by atoms with Crippen molar-refractivity contribution in [1.29, 1.82) is 0 Å². The fourth-order valence-electron chi connectivity index (χ4n) is 5.08. The molecular weight excluding hydrogens is 483 g/mol. The van der Waals surface area contributed by atoms with Crippen LogP contribution in [-0.4, -0.2) is 39.1 Å². The number of aromatic nitrogens is 2. The SMILES string of the molecule is O=C(CCn1c(=O)c2ccccc2n(Cc2ccc(F)cc2)c1=O)NC1CCN(Cc2ccccc2)CC1. The third kappa shape index (κ3) is 5.92. The zero-order valence-electron chi connectivity index (χ0n) is 21.2. The van der Waals surface area contributed by atoms with Gasteiger partial charge in [0.25, 0.3) is 5.56 Å². The maximum atomic E-state index is 13.4. The van der Waals surface area contributed by atoms with Gasteiger partial charge in [-0.3, -0.25) is 23.6 Å². The lowest BCUT2D eigenvalue weighted by atomic mass is 10.0. The Hall–Kier alpha value is -4.04. The van der Waals surface area contributed by atoms with Crippen LogP contribution in [0.2, 0.25) is 0 Å². The highest BCUT2D eigenvalue weighted by molar-refractivity contribution is 5.78. The van der Waals surface area contributed by atoms with E-state index in [4.69, 9.17) is 0 Å². The van der Waals surface area contributed by atoms with Crippen molar-refractivity contribution in [2.24, 2.45) is 0 Å². The lowest BCUT2D eigenvalue weighted by Crippen LogP contribution is -2.45. The van der Waals surface area contributed by atoms with E-state index in [1.165, 1.54) is 22.3 Å². The minimum absolute atomic E-state index is 0.00932. The van der Waals surface area contributed by atoms with Crippen LogP contribution in [0.4, 0.5) is 4.39 Å². The number of hydrogen-bond donors (Lipinski definition) is 1. The summed E-state index contributed by atoms with van der Waals surface area (Å²) in [6, 6.07) is 23.3. The van der Waals surface area contributed by atoms with Crippen LogP contribution in [0.1, 0.15) is 30.4 Å². The Morgan fingerprint density at radius 2 is 1.47 bits per heavy atom. The van der Waals surface area contributed by atoms with Crippen molar-refractivity contribution in [2.75, 3.05) is 13.1 Å². The number of rotatable bonds is 8. The molecule has 1 amide bonds. The Kier molecular flexibility index (Phi) is 7.79. The lowest BCUT2D eigenvalue weighted by Gasteiger charge is -2.32. The monoisotopic (exact) mass is 514 g/mol. The average Bonchev–Trinajstić information content (AvgIpc) is 2.94. The van der Waals surface area contributed by atoms with Crippen LogP contribution in [0, 0.1) is 5.82 Å². The topological polar surface area (TPSA) is 76.3 Å². The predicted molar refractivity (Wildman–Crippen MR) is 145 cm³/mol. The van der Waals surface area contributed by atoms with Gasteiger partial charge in [-0.25, -0.2) is 9.18 Å². The van der Waals surface area contributed by atoms with Gasteiger partial charge in [0, 0.05) is 38.6 Å². The van der Waals surface area contributed by atoms with Gasteiger partial charge in [0.15, 0.2) is 0 Å². The van der Waals surface area contributed by atoms with Gasteiger partial charge in [-0.15, -0.1) is 0 Å². The normalized spacial score (nSPS) is 14.6. The van der Waals surface area contributed by atoms with Gasteiger partial charge in [0.05, 0.1) is 17.4 Å². The molecule has 38 heavy (non-hydrogen) atoms. The minimum atomic E-state index is -0.486. The maximum Gasteiger partial charge on any atom is 0.331 e. The molecule has 7 nitrogen and oxygen atoms in total. The Morgan fingerprint density at radius 3 is 2.21 bits per heavy atom. The van der Waals surface area contributed by atoms with Crippen LogP contribution in [-0.2, 0) is 24.4 Å². The smallest absolute Gasteiger partial charge is 0.331 e. The molecule has 2 heterocycles. The Labute approximate surface area is 220 Å². The van der Waals surface area contributed by atoms with Crippen LogP contribution >= 0.6 is 0 Å². The molecule has 3 aromatic carbocycles. The van der Waals surface area contributed by atoms with Crippen LogP contribution in [0.15, 0.2) is 88.5 Å². The maximum absolute atomic E-state index is 13.4. The molecule has 1 fully saturated rings. The molecule has 196 valence electrons. The Bertz CT molecular complexity index is 1520. The number of benzene rings is 3. The summed E-state index contributed by atoms with van der Waals surface area (Å²) in [6.07, 6.45) is 1.76. The van der Waals surface area contributed by atoms with Crippen molar-refractivity contribution >= 4 is 16.8 Å². The first-order chi connectivity index (χ1) is 18.5. The summed E-state index contributed by atoms with van der Waals surface area (Å²) >= 11 is 0. The van der Waals surface area contributed by atoms with Crippen molar-refractivity contribution in [3.05, 3.63) is 117 Å². The predicted octanol–water partition coefficient (Wildman–Crippen LogP) is 3.52. The molecule has 0 saturated carbocycles. The second-order valence-corrected chi connectivity index (χ2v) is 9.82. The fourth-order valence-corrected chi connectivity index (χ4v) is 5.08. The number of likely N-dealkylation sites (tertiary alicyclic amines) is 1. The second kappa shape index (κ2) is 11.6. The minimum Gasteiger partial charge on any atom is -0.353 e. The summed E-state index contributed by atoms with van der Waals surface area (Å²) in [7, 11) is 0. The molecule has 4 aromatic rings. The number of nitrogens with zero attached hydrogens (tertiary/aromatic N) is 3. The molecule has 0 unspecified atom stereocenters. The van der Waals surface area contributed by atoms with E-state index in [1.807, 2.05) is 18.2 Å². The van der Waals surface area contributed by atoms with Gasteiger partial charge in [0.2, 0.25) is 5.91 Å². The van der Waals surface area contributed by atoms with E-state index in [0.717, 1.165) is 42.6 Å². The van der Waals surface area contributed by atoms with E-state index in [-0.39, 0.29) is 37.3 Å². The zero-order chi connectivity index (χ0) is 26.5. The lowest BCUT2D eigenvalue weighted by molar-refractivity contribution is -0.122. The van der Waals surface area contributed by atoms with E-state index in [1.54, 1.807) is 36.4 Å². The van der Waals surface area contributed by atoms with Crippen LogP contribution in [0.3, 0.4) is 0 Å². The molecule has 0 spiro atoms. The molecule has 5 rings (SSSR count). The largest absolute Gasteiger partial charge is 0.353 e. The quantitative estimate of drug-likeness (QED) is 0.391. The first-order valence-electron chi connectivity index (χ1n) is 13.0. The van der Waals surface area contributed by atoms with E-state index >= 15 is 0 Å². The molecule has 0 atom stereocenters. The summed E-state index contributed by atoms with van der Waals surface area (Å²) in [4.78, 5) is 41.7. The molecule has 1 aliphatic heterocycles. The van der Waals surface area contributed by atoms with Crippen LogP contribution < -0.4 is 16.6 Å². The first-order valence-corrected chi connectivity index (χ1v) is 13.0. The highest BCUT2D eigenvalue weighted by Gasteiger charge is 2.21. The molecule has 1 saturated heterocycles. The van der Waals surface area contributed by atoms with Crippen molar-refractivity contribution < 1.29 is 9.18 Å². The number of para-hydroxylation sites is 1. The molecule has 8 heteroatoms.